The highest BCUT2D eigenvalue weighted by atomic mass is 35.5. The highest BCUT2D eigenvalue weighted by Gasteiger charge is 2.39. The molecule has 5 fully saturated rings. The molecule has 6 aromatic rings. The highest BCUT2D eigenvalue weighted by molar-refractivity contribution is 6.28. The monoisotopic (exact) mass is 1240 g/mol. The summed E-state index contributed by atoms with van der Waals surface area (Å²) in [5, 5.41) is 64.9. The van der Waals surface area contributed by atoms with Gasteiger partial charge in [-0.25, -0.2) is 34.5 Å². The van der Waals surface area contributed by atoms with Crippen molar-refractivity contribution in [3.63, 3.8) is 0 Å². The number of ether oxygens (including phenoxy) is 6. The second kappa shape index (κ2) is 28.7. The Labute approximate surface area is 501 Å². The van der Waals surface area contributed by atoms with Crippen LogP contribution in [-0.4, -0.2) is 193 Å². The van der Waals surface area contributed by atoms with Gasteiger partial charge in [0, 0.05) is 32.8 Å². The van der Waals surface area contributed by atoms with Crippen molar-refractivity contribution >= 4 is 64.8 Å². The van der Waals surface area contributed by atoms with Crippen LogP contribution in [0.5, 0.6) is 0 Å². The van der Waals surface area contributed by atoms with E-state index in [1.54, 1.807) is 54.8 Å². The molecular weight excluding hydrogens is 1170 g/mol. The van der Waals surface area contributed by atoms with Gasteiger partial charge in [0.15, 0.2) is 11.5 Å². The molecule has 0 aliphatic carbocycles. The van der Waals surface area contributed by atoms with Crippen LogP contribution in [0.4, 0.5) is 29.4 Å². The van der Waals surface area contributed by atoms with Gasteiger partial charge in [-0.1, -0.05) is 13.8 Å². The molecule has 0 amide bonds. The Hall–Kier alpha value is -7.26. The number of halogens is 1. The molecule has 0 bridgehead atoms. The zero-order valence-corrected chi connectivity index (χ0v) is 49.0. The number of methoxy groups -OCH3 is 1. The van der Waals surface area contributed by atoms with Gasteiger partial charge in [0.2, 0.25) is 17.2 Å². The predicted octanol–water partition coefficient (Wildman–Crippen LogP) is 0.0209. The van der Waals surface area contributed by atoms with Crippen LogP contribution < -0.4 is 39.2 Å². The first kappa shape index (κ1) is 64.2. The van der Waals surface area contributed by atoms with Crippen molar-refractivity contribution in [2.24, 2.45) is 9.98 Å². The minimum absolute atomic E-state index is 0.00119. The second-order valence-corrected chi connectivity index (χ2v) is 21.6. The number of fused-ring (bicyclic) bond motifs is 3. The van der Waals surface area contributed by atoms with Crippen LogP contribution in [0.2, 0.25) is 5.28 Å². The molecule has 0 aromatic carbocycles. The fraction of sp³-hybridized carbons (Fsp3) is 0.627. The fourth-order valence-electron chi connectivity index (χ4n) is 10.5. The zero-order chi connectivity index (χ0) is 62.2. The van der Waals surface area contributed by atoms with Crippen molar-refractivity contribution in [2.75, 3.05) is 54.6 Å². The van der Waals surface area contributed by atoms with Gasteiger partial charge in [-0.05, 0) is 51.1 Å². The first-order valence-electron chi connectivity index (χ1n) is 28.3. The summed E-state index contributed by atoms with van der Waals surface area (Å²) >= 11 is 5.81. The molecular formula is C51H74ClN21O14. The number of hydrogen-bond acceptors (Lipinski definition) is 30. The molecule has 7 aliphatic heterocycles. The van der Waals surface area contributed by atoms with E-state index in [-0.39, 0.29) is 78.4 Å². The van der Waals surface area contributed by atoms with Crippen LogP contribution in [0.15, 0.2) is 51.2 Å². The second-order valence-electron chi connectivity index (χ2n) is 21.2. The van der Waals surface area contributed by atoms with Crippen molar-refractivity contribution in [3.8, 4) is 0 Å². The van der Waals surface area contributed by atoms with E-state index in [2.05, 4.69) is 72.4 Å². The minimum atomic E-state index is -0.712. The molecule has 0 unspecified atom stereocenters. The molecule has 0 saturated carbocycles. The van der Waals surface area contributed by atoms with Crippen LogP contribution >= 0.6 is 11.6 Å². The molecule has 13 rings (SSSR count). The lowest BCUT2D eigenvalue weighted by Gasteiger charge is -2.16. The van der Waals surface area contributed by atoms with E-state index < -0.39 is 54.2 Å². The van der Waals surface area contributed by atoms with E-state index in [9.17, 15) is 40.2 Å². The number of anilines is 5. The first-order chi connectivity index (χ1) is 41.7. The van der Waals surface area contributed by atoms with Gasteiger partial charge >= 0.3 is 11.4 Å². The Morgan fingerprint density at radius 3 is 1.53 bits per heavy atom. The summed E-state index contributed by atoms with van der Waals surface area (Å²) in [5.41, 5.74) is 17.5. The Morgan fingerprint density at radius 2 is 1.05 bits per heavy atom. The van der Waals surface area contributed by atoms with Crippen LogP contribution in [0.1, 0.15) is 134 Å². The van der Waals surface area contributed by atoms with E-state index in [0.29, 0.717) is 79.6 Å². The van der Waals surface area contributed by atoms with Gasteiger partial charge in [0.25, 0.3) is 0 Å². The molecule has 35 nitrogen and oxygen atoms in total. The van der Waals surface area contributed by atoms with E-state index >= 15 is 0 Å². The quantitative estimate of drug-likeness (QED) is 0.0850. The largest absolute Gasteiger partial charge is 0.390 e. The first-order valence-corrected chi connectivity index (χ1v) is 28.7. The number of rotatable bonds is 9. The Bertz CT molecular complexity index is 3420. The molecule has 5 saturated heterocycles. The molecule has 474 valence electrons. The summed E-state index contributed by atoms with van der Waals surface area (Å²) in [6.07, 6.45) is 9.94. The standard InChI is InChI=1S/C12H18N4O3.C11H14ClN5O3.C11H16N4O3.C9H14N4O2.C8H12N4O3/c1-2-9-7(17)3-10(19-9)16-6-15-11-8(18)4-13-5-14-12(11)16;1-19-3-6-5(18)2-7(20-6)17-4-14-8-9(13)15-11(12)16-10(8)17;1-6-7(16)2-9(18-6)15-5-14-10-8(17)3-12-4-13-11(10)15;1-2-6-3-4-7(15-6)13-5-11-8(10)12-9(13)14;1-4-5(13)2-6(15-4)12-3-10-7(9)11-8(12)14/h5-10,17-18H,2-4H2,1H3,(H,13,14);4-7,18H,2-3H2,1H3,(H2,13,15,16);4-9,16-17H,2-3H2,1H3,(H,12,13);5-7H,2-4H2,1H3,(H2,10,12,14);3-6,13H,2H2,1H3,(H2,9,11,14)/t7-,8+,9+,10+;5-,6+,7+;6-,7+,8-,9-;6-,7-;4-,5+,6-/m00111/s1. The van der Waals surface area contributed by atoms with Crippen molar-refractivity contribution in [1.29, 1.82) is 0 Å². The summed E-state index contributed by atoms with van der Waals surface area (Å²) < 4.78 is 41.2. The summed E-state index contributed by atoms with van der Waals surface area (Å²) in [4.78, 5) is 66.0. The molecule has 13 heterocycles. The number of aromatic nitrogens is 14. The maximum absolute atomic E-state index is 11.5. The summed E-state index contributed by atoms with van der Waals surface area (Å²) in [5.74, 6) is 1.51. The van der Waals surface area contributed by atoms with Gasteiger partial charge in [-0.15, -0.1) is 0 Å². The number of aliphatic hydroxyl groups excluding tert-OH is 6. The number of nitrogens with two attached hydrogens (primary N) is 3. The molecule has 87 heavy (non-hydrogen) atoms. The molecule has 0 spiro atoms. The van der Waals surface area contributed by atoms with Gasteiger partial charge in [0.05, 0.1) is 100 Å². The third-order valence-corrected chi connectivity index (χ3v) is 15.4. The van der Waals surface area contributed by atoms with Crippen LogP contribution in [0.3, 0.4) is 0 Å². The van der Waals surface area contributed by atoms with Crippen molar-refractivity contribution < 1.29 is 59.1 Å². The third-order valence-electron chi connectivity index (χ3n) is 15.3. The Morgan fingerprint density at radius 1 is 0.575 bits per heavy atom. The van der Waals surface area contributed by atoms with E-state index in [1.165, 1.54) is 21.8 Å². The zero-order valence-electron chi connectivity index (χ0n) is 48.3. The Kier molecular flexibility index (Phi) is 21.2. The number of hydrogen-bond donors (Lipinski definition) is 11. The highest BCUT2D eigenvalue weighted by Crippen LogP contribution is 2.37. The van der Waals surface area contributed by atoms with Crippen LogP contribution in [-0.2, 0) is 28.4 Å². The number of aliphatic imine (C=N–C) groups is 2. The van der Waals surface area contributed by atoms with Crippen molar-refractivity contribution in [3.05, 3.63) is 69.3 Å². The number of aliphatic hydroxyl groups is 6. The number of imidazole rings is 3. The van der Waals surface area contributed by atoms with Gasteiger partial charge in [0.1, 0.15) is 90.6 Å². The van der Waals surface area contributed by atoms with Crippen molar-refractivity contribution in [2.45, 2.75) is 177 Å². The van der Waals surface area contributed by atoms with Gasteiger partial charge in [-0.2, -0.15) is 19.9 Å². The number of nitrogens with one attached hydrogen (secondary N) is 2. The van der Waals surface area contributed by atoms with E-state index in [4.69, 9.17) is 57.2 Å². The lowest BCUT2D eigenvalue weighted by Crippen LogP contribution is -2.28. The Balaban J connectivity index is 0.000000130. The van der Waals surface area contributed by atoms with Crippen LogP contribution in [0, 0.1) is 0 Å². The van der Waals surface area contributed by atoms with E-state index in [1.807, 2.05) is 18.4 Å². The third kappa shape index (κ3) is 15.0. The van der Waals surface area contributed by atoms with Crippen molar-refractivity contribution in [1.82, 2.24) is 67.7 Å². The SMILES string of the molecule is CC[C@@H]1CC[C@H](n2cnc(N)nc2=O)O1.CC[C@H]1O[C@@H](n2cnc3c2NC=NC[C@H]3O)C[C@@H]1O.COC[C@H]1O[C@@H](n2cnc3c(N)nc(Cl)nc32)C[C@@H]1O.C[C@H]1O[C@@H](n2cnc(N)nc2=O)C[C@@H]1O.C[C@H]1O[C@@H](n2cnc3c2NC=NC[C@H]3O)C[C@@H]1O. The number of nitrogen functional groups attached to an aromatic ring is 3. The van der Waals surface area contributed by atoms with Crippen LogP contribution in [0.25, 0.3) is 11.2 Å². The molecule has 14 N–H and O–H groups in total. The lowest BCUT2D eigenvalue weighted by molar-refractivity contribution is -0.0523. The molecule has 36 heteroatoms. The fourth-order valence-corrected chi connectivity index (χ4v) is 10.7. The summed E-state index contributed by atoms with van der Waals surface area (Å²) in [6.45, 7) is 8.54. The molecule has 16 atom stereocenters. The van der Waals surface area contributed by atoms with E-state index in [0.717, 1.165) is 25.7 Å². The topological polar surface area (TPSA) is 478 Å². The summed E-state index contributed by atoms with van der Waals surface area (Å²) in [7, 11) is 1.56. The number of nitrogens with zero attached hydrogens (tertiary/aromatic N) is 16. The summed E-state index contributed by atoms with van der Waals surface area (Å²) in [6, 6.07) is 0. The van der Waals surface area contributed by atoms with Gasteiger partial charge in [-0.3, -0.25) is 32.8 Å². The predicted molar refractivity (Wildman–Crippen MR) is 310 cm³/mol. The maximum atomic E-state index is 11.5. The van der Waals surface area contributed by atoms with Gasteiger partial charge < -0.3 is 86.9 Å². The minimum Gasteiger partial charge on any atom is -0.390 e. The lowest BCUT2D eigenvalue weighted by atomic mass is 10.1. The maximum Gasteiger partial charge on any atom is 0.354 e. The molecule has 6 aromatic heterocycles. The average molecular weight is 1240 g/mol. The average Bonchev–Trinajstić information content (AvgIpc) is 2.15. The molecule has 7 aliphatic rings. The normalized spacial score (nSPS) is 30.4. The smallest absolute Gasteiger partial charge is 0.354 e. The molecule has 0 radical (unpaired) electrons.